The number of hydrogen-bond donors (Lipinski definition) is 2. The fourth-order valence-corrected chi connectivity index (χ4v) is 2.12. The molecule has 0 spiro atoms. The van der Waals surface area contributed by atoms with E-state index in [4.69, 9.17) is 26.6 Å². The van der Waals surface area contributed by atoms with Gasteiger partial charge in [-0.15, -0.1) is 0 Å². The van der Waals surface area contributed by atoms with Crippen molar-refractivity contribution in [3.8, 4) is 5.75 Å². The predicted octanol–water partition coefficient (Wildman–Crippen LogP) is 3.24. The van der Waals surface area contributed by atoms with E-state index < -0.39 is 11.9 Å². The lowest BCUT2D eigenvalue weighted by atomic mass is 10.1. The molecule has 5 nitrogen and oxygen atoms in total. The highest BCUT2D eigenvalue weighted by Crippen LogP contribution is 2.20. The van der Waals surface area contributed by atoms with Gasteiger partial charge in [0.05, 0.1) is 12.0 Å². The van der Waals surface area contributed by atoms with Crippen LogP contribution in [0.3, 0.4) is 0 Å². The molecule has 0 aliphatic heterocycles. The highest BCUT2D eigenvalue weighted by molar-refractivity contribution is 6.30. The molecule has 0 heterocycles. The second-order valence-electron chi connectivity index (χ2n) is 4.61. The predicted molar refractivity (Wildman–Crippen MR) is 80.5 cm³/mol. The first-order chi connectivity index (χ1) is 10.5. The number of aliphatic carboxylic acids is 1. The lowest BCUT2D eigenvalue weighted by Crippen LogP contribution is -2.05. The number of benzene rings is 2. The summed E-state index contributed by atoms with van der Waals surface area (Å²) in [5, 5.41) is 18.2. The molecule has 2 rings (SSSR count). The van der Waals surface area contributed by atoms with Crippen LogP contribution < -0.4 is 4.74 Å². The highest BCUT2D eigenvalue weighted by atomic mass is 35.5. The van der Waals surface area contributed by atoms with Gasteiger partial charge in [-0.05, 0) is 35.9 Å². The van der Waals surface area contributed by atoms with Crippen LogP contribution in [0.15, 0.2) is 42.5 Å². The average molecular weight is 321 g/mol. The molecule has 22 heavy (non-hydrogen) atoms. The van der Waals surface area contributed by atoms with Crippen LogP contribution in [-0.4, -0.2) is 22.2 Å². The van der Waals surface area contributed by atoms with Gasteiger partial charge >= 0.3 is 11.9 Å². The minimum absolute atomic E-state index is 0.0560. The highest BCUT2D eigenvalue weighted by Gasteiger charge is 2.11. The quantitative estimate of drug-likeness (QED) is 0.853. The van der Waals surface area contributed by atoms with Crippen LogP contribution in [-0.2, 0) is 17.8 Å². The zero-order valence-electron chi connectivity index (χ0n) is 11.5. The molecular weight excluding hydrogens is 308 g/mol. The van der Waals surface area contributed by atoms with Crippen molar-refractivity contribution in [3.05, 3.63) is 64.2 Å². The van der Waals surface area contributed by atoms with Gasteiger partial charge in [-0.25, -0.2) is 4.79 Å². The van der Waals surface area contributed by atoms with E-state index in [1.807, 2.05) is 0 Å². The molecule has 0 amide bonds. The average Bonchev–Trinajstić information content (AvgIpc) is 2.45. The van der Waals surface area contributed by atoms with E-state index >= 15 is 0 Å². The maximum Gasteiger partial charge on any atom is 0.336 e. The van der Waals surface area contributed by atoms with E-state index in [0.717, 1.165) is 0 Å². The zero-order valence-corrected chi connectivity index (χ0v) is 12.2. The van der Waals surface area contributed by atoms with Crippen LogP contribution in [0.5, 0.6) is 5.75 Å². The Hall–Kier alpha value is -2.53. The van der Waals surface area contributed by atoms with Crippen molar-refractivity contribution in [3.63, 3.8) is 0 Å². The molecule has 0 saturated carbocycles. The van der Waals surface area contributed by atoms with Gasteiger partial charge in [-0.1, -0.05) is 23.7 Å². The Morgan fingerprint density at radius 3 is 2.32 bits per heavy atom. The van der Waals surface area contributed by atoms with E-state index in [9.17, 15) is 9.59 Å². The zero-order chi connectivity index (χ0) is 16.1. The normalized spacial score (nSPS) is 10.2. The van der Waals surface area contributed by atoms with Crippen LogP contribution in [0.25, 0.3) is 0 Å². The molecule has 0 fully saturated rings. The van der Waals surface area contributed by atoms with Crippen LogP contribution in [0, 0.1) is 0 Å². The summed E-state index contributed by atoms with van der Waals surface area (Å²) < 4.78 is 5.53. The van der Waals surface area contributed by atoms with Crippen molar-refractivity contribution in [1.29, 1.82) is 0 Å². The van der Waals surface area contributed by atoms with Crippen molar-refractivity contribution in [1.82, 2.24) is 0 Å². The van der Waals surface area contributed by atoms with Gasteiger partial charge in [0, 0.05) is 10.6 Å². The fourth-order valence-electron chi connectivity index (χ4n) is 1.93. The van der Waals surface area contributed by atoms with Gasteiger partial charge in [0.2, 0.25) is 0 Å². The van der Waals surface area contributed by atoms with Crippen LogP contribution >= 0.6 is 11.6 Å². The number of carboxylic acid groups (broad SMARTS) is 2. The van der Waals surface area contributed by atoms with Gasteiger partial charge in [-0.2, -0.15) is 0 Å². The summed E-state index contributed by atoms with van der Waals surface area (Å²) in [7, 11) is 0. The number of hydrogen-bond acceptors (Lipinski definition) is 3. The first-order valence-corrected chi connectivity index (χ1v) is 6.79. The monoisotopic (exact) mass is 320 g/mol. The van der Waals surface area contributed by atoms with Gasteiger partial charge < -0.3 is 14.9 Å². The number of aromatic carboxylic acids is 1. The Labute approximate surface area is 131 Å². The summed E-state index contributed by atoms with van der Waals surface area (Å²) in [5.41, 5.74) is 1.26. The molecule has 0 unspecified atom stereocenters. The lowest BCUT2D eigenvalue weighted by Gasteiger charge is -2.10. The standard InChI is InChI=1S/C16H13ClO5/c17-12-3-6-14(16(20)21)11(8-12)9-22-13-4-1-10(2-5-13)7-15(18)19/h1-6,8H,7,9H2,(H,18,19)(H,20,21). The Balaban J connectivity index is 2.08. The van der Waals surface area contributed by atoms with Gasteiger partial charge in [0.25, 0.3) is 0 Å². The molecule has 0 aromatic heterocycles. The van der Waals surface area contributed by atoms with E-state index in [1.54, 1.807) is 30.3 Å². The SMILES string of the molecule is O=C(O)Cc1ccc(OCc2cc(Cl)ccc2C(=O)O)cc1. The van der Waals surface area contributed by atoms with Crippen LogP contribution in [0.4, 0.5) is 0 Å². The van der Waals surface area contributed by atoms with Crippen molar-refractivity contribution in [2.75, 3.05) is 0 Å². The third-order valence-corrected chi connectivity index (χ3v) is 3.21. The largest absolute Gasteiger partial charge is 0.489 e. The molecule has 0 aliphatic rings. The Morgan fingerprint density at radius 2 is 1.73 bits per heavy atom. The summed E-state index contributed by atoms with van der Waals surface area (Å²) in [6.07, 6.45) is -0.0578. The maximum absolute atomic E-state index is 11.1. The number of ether oxygens (including phenoxy) is 1. The molecule has 114 valence electrons. The van der Waals surface area contributed by atoms with Gasteiger partial charge in [-0.3, -0.25) is 4.79 Å². The minimum atomic E-state index is -1.05. The molecule has 2 N–H and O–H groups in total. The molecule has 6 heteroatoms. The number of rotatable bonds is 6. The maximum atomic E-state index is 11.1. The summed E-state index contributed by atoms with van der Waals surface area (Å²) in [6.45, 7) is 0.0560. The second-order valence-corrected chi connectivity index (χ2v) is 5.05. The first-order valence-electron chi connectivity index (χ1n) is 6.41. The molecule has 0 aliphatic carbocycles. The Bertz CT molecular complexity index is 694. The van der Waals surface area contributed by atoms with Gasteiger partial charge in [0.1, 0.15) is 12.4 Å². The van der Waals surface area contributed by atoms with E-state index in [1.165, 1.54) is 12.1 Å². The van der Waals surface area contributed by atoms with Gasteiger partial charge in [0.15, 0.2) is 0 Å². The van der Waals surface area contributed by atoms with Crippen LogP contribution in [0.2, 0.25) is 5.02 Å². The summed E-state index contributed by atoms with van der Waals surface area (Å²) in [5.74, 6) is -1.43. The first kappa shape index (κ1) is 15.9. The molecule has 2 aromatic rings. The summed E-state index contributed by atoms with van der Waals surface area (Å²) in [4.78, 5) is 21.7. The summed E-state index contributed by atoms with van der Waals surface area (Å²) in [6, 6.07) is 11.1. The third kappa shape index (κ3) is 4.23. The number of carboxylic acids is 2. The topological polar surface area (TPSA) is 83.8 Å². The van der Waals surface area contributed by atoms with E-state index in [0.29, 0.717) is 21.9 Å². The molecule has 0 saturated heterocycles. The Morgan fingerprint density at radius 1 is 1.05 bits per heavy atom. The second kappa shape index (κ2) is 6.95. The third-order valence-electron chi connectivity index (χ3n) is 2.97. The molecule has 0 bridgehead atoms. The van der Waals surface area contributed by atoms with Crippen molar-refractivity contribution in [2.45, 2.75) is 13.0 Å². The van der Waals surface area contributed by atoms with Crippen molar-refractivity contribution < 1.29 is 24.5 Å². The summed E-state index contributed by atoms with van der Waals surface area (Å²) >= 11 is 5.87. The van der Waals surface area contributed by atoms with E-state index in [-0.39, 0.29) is 18.6 Å². The fraction of sp³-hybridized carbons (Fsp3) is 0.125. The minimum Gasteiger partial charge on any atom is -0.489 e. The molecule has 2 aromatic carbocycles. The number of carbonyl (C=O) groups is 2. The van der Waals surface area contributed by atoms with Crippen LogP contribution in [0.1, 0.15) is 21.5 Å². The number of halogens is 1. The van der Waals surface area contributed by atoms with E-state index in [2.05, 4.69) is 0 Å². The molecular formula is C16H13ClO5. The molecule has 0 radical (unpaired) electrons. The smallest absolute Gasteiger partial charge is 0.336 e. The lowest BCUT2D eigenvalue weighted by molar-refractivity contribution is -0.136. The van der Waals surface area contributed by atoms with Crippen molar-refractivity contribution >= 4 is 23.5 Å². The Kier molecular flexibility index (Phi) is 5.01. The van der Waals surface area contributed by atoms with Crippen molar-refractivity contribution in [2.24, 2.45) is 0 Å². The molecule has 0 atom stereocenters.